The second-order valence-corrected chi connectivity index (χ2v) is 4.85. The van der Waals surface area contributed by atoms with Crippen molar-refractivity contribution in [3.8, 4) is 5.75 Å². The third-order valence-corrected chi connectivity index (χ3v) is 3.22. The Morgan fingerprint density at radius 3 is 2.94 bits per heavy atom. The summed E-state index contributed by atoms with van der Waals surface area (Å²) in [6.45, 7) is 6.50. The molecule has 1 saturated heterocycles. The van der Waals surface area contributed by atoms with E-state index in [2.05, 4.69) is 13.0 Å². The van der Waals surface area contributed by atoms with E-state index in [1.54, 1.807) is 0 Å². The minimum absolute atomic E-state index is 0.0750. The molecular formula is C14H21NO2. The lowest BCUT2D eigenvalue weighted by Crippen LogP contribution is -2.12. The van der Waals surface area contributed by atoms with Crippen molar-refractivity contribution in [2.75, 3.05) is 19.8 Å². The average molecular weight is 235 g/mol. The molecule has 94 valence electrons. The maximum atomic E-state index is 5.85. The van der Waals surface area contributed by atoms with Gasteiger partial charge in [-0.15, -0.1) is 0 Å². The third kappa shape index (κ3) is 3.20. The SMILES string of the molecule is Cc1cc([C@@H](C)N)ccc1OCC1CCOC1. The topological polar surface area (TPSA) is 44.5 Å². The molecule has 2 rings (SSSR count). The van der Waals surface area contributed by atoms with Crippen molar-refractivity contribution in [3.63, 3.8) is 0 Å². The van der Waals surface area contributed by atoms with E-state index >= 15 is 0 Å². The Balaban J connectivity index is 1.96. The molecule has 0 saturated carbocycles. The summed E-state index contributed by atoms with van der Waals surface area (Å²) in [5.41, 5.74) is 8.15. The molecule has 2 N–H and O–H groups in total. The van der Waals surface area contributed by atoms with Crippen LogP contribution >= 0.6 is 0 Å². The summed E-state index contributed by atoms with van der Waals surface area (Å²) >= 11 is 0. The molecule has 1 heterocycles. The van der Waals surface area contributed by atoms with Gasteiger partial charge < -0.3 is 15.2 Å². The number of aryl methyl sites for hydroxylation is 1. The van der Waals surface area contributed by atoms with Crippen LogP contribution in [0.3, 0.4) is 0 Å². The first-order valence-corrected chi connectivity index (χ1v) is 6.23. The highest BCUT2D eigenvalue weighted by atomic mass is 16.5. The zero-order valence-electron chi connectivity index (χ0n) is 10.6. The molecule has 1 aromatic rings. The van der Waals surface area contributed by atoms with Crippen LogP contribution in [0.25, 0.3) is 0 Å². The normalized spacial score (nSPS) is 21.5. The second kappa shape index (κ2) is 5.52. The van der Waals surface area contributed by atoms with Crippen molar-refractivity contribution < 1.29 is 9.47 Å². The Bertz CT molecular complexity index is 370. The standard InChI is InChI=1S/C14H21NO2/c1-10-7-13(11(2)15)3-4-14(10)17-9-12-5-6-16-8-12/h3-4,7,11-12H,5-6,8-9,15H2,1-2H3/t11-,12?/m1/s1. The highest BCUT2D eigenvalue weighted by molar-refractivity contribution is 5.37. The van der Waals surface area contributed by atoms with E-state index in [1.165, 1.54) is 0 Å². The van der Waals surface area contributed by atoms with Crippen LogP contribution < -0.4 is 10.5 Å². The van der Waals surface area contributed by atoms with E-state index in [0.717, 1.165) is 43.1 Å². The summed E-state index contributed by atoms with van der Waals surface area (Å²) in [4.78, 5) is 0. The lowest BCUT2D eigenvalue weighted by molar-refractivity contribution is 0.167. The molecule has 2 atom stereocenters. The molecule has 0 spiro atoms. The summed E-state index contributed by atoms with van der Waals surface area (Å²) < 4.78 is 11.2. The number of hydrogen-bond donors (Lipinski definition) is 1. The van der Waals surface area contributed by atoms with Gasteiger partial charge in [-0.1, -0.05) is 12.1 Å². The van der Waals surface area contributed by atoms with Gasteiger partial charge in [0, 0.05) is 18.6 Å². The van der Waals surface area contributed by atoms with Crippen LogP contribution in [-0.2, 0) is 4.74 Å². The third-order valence-electron chi connectivity index (χ3n) is 3.22. The Hall–Kier alpha value is -1.06. The Labute approximate surface area is 103 Å². The molecule has 0 radical (unpaired) electrons. The summed E-state index contributed by atoms with van der Waals surface area (Å²) in [5, 5.41) is 0. The summed E-state index contributed by atoms with van der Waals surface area (Å²) in [6.07, 6.45) is 1.11. The van der Waals surface area contributed by atoms with Crippen molar-refractivity contribution in [2.45, 2.75) is 26.3 Å². The first kappa shape index (κ1) is 12.4. The molecule has 3 nitrogen and oxygen atoms in total. The predicted molar refractivity (Wildman–Crippen MR) is 68.2 cm³/mol. The number of rotatable bonds is 4. The lowest BCUT2D eigenvalue weighted by atomic mass is 10.1. The van der Waals surface area contributed by atoms with Gasteiger partial charge in [0.2, 0.25) is 0 Å². The Kier molecular flexibility index (Phi) is 4.02. The fourth-order valence-corrected chi connectivity index (χ4v) is 2.04. The van der Waals surface area contributed by atoms with E-state index in [4.69, 9.17) is 15.2 Å². The molecule has 1 aliphatic rings. The van der Waals surface area contributed by atoms with Crippen LogP contribution in [0.1, 0.15) is 30.5 Å². The Morgan fingerprint density at radius 1 is 1.53 bits per heavy atom. The quantitative estimate of drug-likeness (QED) is 0.871. The summed E-state index contributed by atoms with van der Waals surface area (Å²) in [5.74, 6) is 1.50. The number of hydrogen-bond acceptors (Lipinski definition) is 3. The van der Waals surface area contributed by atoms with Gasteiger partial charge in [-0.05, 0) is 37.5 Å². The van der Waals surface area contributed by atoms with E-state index in [0.29, 0.717) is 5.92 Å². The molecule has 0 bridgehead atoms. The van der Waals surface area contributed by atoms with Gasteiger partial charge in [-0.3, -0.25) is 0 Å². The number of benzene rings is 1. The number of nitrogens with two attached hydrogens (primary N) is 1. The lowest BCUT2D eigenvalue weighted by Gasteiger charge is -2.14. The zero-order chi connectivity index (χ0) is 12.3. The minimum atomic E-state index is 0.0750. The molecule has 0 aromatic heterocycles. The van der Waals surface area contributed by atoms with Gasteiger partial charge in [0.25, 0.3) is 0 Å². The van der Waals surface area contributed by atoms with Gasteiger partial charge in [-0.25, -0.2) is 0 Å². The molecule has 1 fully saturated rings. The van der Waals surface area contributed by atoms with Crippen LogP contribution in [0.4, 0.5) is 0 Å². The largest absolute Gasteiger partial charge is 0.493 e. The fraction of sp³-hybridized carbons (Fsp3) is 0.571. The molecule has 1 aliphatic heterocycles. The molecule has 17 heavy (non-hydrogen) atoms. The van der Waals surface area contributed by atoms with E-state index in [9.17, 15) is 0 Å². The number of ether oxygens (including phenoxy) is 2. The maximum Gasteiger partial charge on any atom is 0.122 e. The molecule has 0 amide bonds. The van der Waals surface area contributed by atoms with Gasteiger partial charge in [0.05, 0.1) is 13.2 Å². The fourth-order valence-electron chi connectivity index (χ4n) is 2.04. The van der Waals surface area contributed by atoms with Crippen molar-refractivity contribution in [1.82, 2.24) is 0 Å². The highest BCUT2D eigenvalue weighted by Gasteiger charge is 2.16. The van der Waals surface area contributed by atoms with Gasteiger partial charge in [0.1, 0.15) is 5.75 Å². The van der Waals surface area contributed by atoms with Crippen molar-refractivity contribution in [1.29, 1.82) is 0 Å². The summed E-state index contributed by atoms with van der Waals surface area (Å²) in [7, 11) is 0. The second-order valence-electron chi connectivity index (χ2n) is 4.85. The van der Waals surface area contributed by atoms with Crippen LogP contribution in [0, 0.1) is 12.8 Å². The average Bonchev–Trinajstić information content (AvgIpc) is 2.80. The Morgan fingerprint density at radius 2 is 2.35 bits per heavy atom. The molecule has 0 aliphatic carbocycles. The van der Waals surface area contributed by atoms with Crippen LogP contribution in [0.5, 0.6) is 5.75 Å². The van der Waals surface area contributed by atoms with Gasteiger partial charge >= 0.3 is 0 Å². The zero-order valence-corrected chi connectivity index (χ0v) is 10.6. The van der Waals surface area contributed by atoms with Crippen molar-refractivity contribution in [3.05, 3.63) is 29.3 Å². The van der Waals surface area contributed by atoms with Crippen molar-refractivity contribution in [2.24, 2.45) is 11.7 Å². The highest BCUT2D eigenvalue weighted by Crippen LogP contribution is 2.23. The van der Waals surface area contributed by atoms with Crippen LogP contribution in [-0.4, -0.2) is 19.8 Å². The molecular weight excluding hydrogens is 214 g/mol. The first-order chi connectivity index (χ1) is 8.16. The van der Waals surface area contributed by atoms with Crippen LogP contribution in [0.2, 0.25) is 0 Å². The predicted octanol–water partition coefficient (Wildman–Crippen LogP) is 2.43. The monoisotopic (exact) mass is 235 g/mol. The van der Waals surface area contributed by atoms with Crippen LogP contribution in [0.15, 0.2) is 18.2 Å². The molecule has 1 aromatic carbocycles. The van der Waals surface area contributed by atoms with Gasteiger partial charge in [-0.2, -0.15) is 0 Å². The van der Waals surface area contributed by atoms with E-state index in [1.807, 2.05) is 19.1 Å². The maximum absolute atomic E-state index is 5.85. The summed E-state index contributed by atoms with van der Waals surface area (Å²) in [6, 6.07) is 6.23. The molecule has 3 heteroatoms. The minimum Gasteiger partial charge on any atom is -0.493 e. The smallest absolute Gasteiger partial charge is 0.122 e. The van der Waals surface area contributed by atoms with E-state index < -0.39 is 0 Å². The van der Waals surface area contributed by atoms with Crippen molar-refractivity contribution >= 4 is 0 Å². The molecule has 1 unspecified atom stereocenters. The van der Waals surface area contributed by atoms with E-state index in [-0.39, 0.29) is 6.04 Å². The van der Waals surface area contributed by atoms with Gasteiger partial charge in [0.15, 0.2) is 0 Å². The first-order valence-electron chi connectivity index (χ1n) is 6.23.